The van der Waals surface area contributed by atoms with Crippen LogP contribution in [-0.4, -0.2) is 84.3 Å². The number of ether oxygens (including phenoxy) is 1. The van der Waals surface area contributed by atoms with E-state index in [4.69, 9.17) is 10.1 Å². The average Bonchev–Trinajstić information content (AvgIpc) is 3.67. The SMILES string of the molecule is COc1ccc2c(c1)C(=O)N(C[C@@]1(c3ccc(C(=N)N4CCN(C5CC5)CC4)cc3)NC(=O)NC1=O)C2. The van der Waals surface area contributed by atoms with E-state index in [1.807, 2.05) is 18.2 Å². The minimum absolute atomic E-state index is 0.0136. The molecular weight excluding hydrogens is 472 g/mol. The first-order valence-corrected chi connectivity index (χ1v) is 12.7. The van der Waals surface area contributed by atoms with Crippen LogP contribution in [0.1, 0.15) is 39.9 Å². The van der Waals surface area contributed by atoms with E-state index in [-0.39, 0.29) is 12.5 Å². The molecule has 2 saturated heterocycles. The molecular formula is C27H30N6O4. The zero-order valence-corrected chi connectivity index (χ0v) is 20.8. The summed E-state index contributed by atoms with van der Waals surface area (Å²) in [7, 11) is 1.55. The zero-order valence-electron chi connectivity index (χ0n) is 20.8. The van der Waals surface area contributed by atoms with Gasteiger partial charge in [-0.3, -0.25) is 25.2 Å². The van der Waals surface area contributed by atoms with Crippen molar-refractivity contribution in [2.75, 3.05) is 39.8 Å². The minimum atomic E-state index is -1.42. The number of methoxy groups -OCH3 is 1. The largest absolute Gasteiger partial charge is 0.497 e. The molecule has 3 fully saturated rings. The summed E-state index contributed by atoms with van der Waals surface area (Å²) in [4.78, 5) is 44.7. The van der Waals surface area contributed by atoms with Crippen LogP contribution in [0.25, 0.3) is 0 Å². The van der Waals surface area contributed by atoms with Crippen molar-refractivity contribution in [3.63, 3.8) is 0 Å². The minimum Gasteiger partial charge on any atom is -0.497 e. The summed E-state index contributed by atoms with van der Waals surface area (Å²) in [5.41, 5.74) is 1.27. The monoisotopic (exact) mass is 502 g/mol. The van der Waals surface area contributed by atoms with E-state index < -0.39 is 17.5 Å². The Morgan fingerprint density at radius 2 is 1.78 bits per heavy atom. The Kier molecular flexibility index (Phi) is 5.63. The normalized spacial score (nSPS) is 23.6. The molecule has 0 radical (unpaired) electrons. The van der Waals surface area contributed by atoms with E-state index in [2.05, 4.69) is 20.4 Å². The van der Waals surface area contributed by atoms with Gasteiger partial charge in [0.15, 0.2) is 5.54 Å². The number of nitrogens with one attached hydrogen (secondary N) is 3. The molecule has 6 rings (SSSR count). The zero-order chi connectivity index (χ0) is 25.7. The number of amidine groups is 1. The van der Waals surface area contributed by atoms with Crippen molar-refractivity contribution >= 4 is 23.7 Å². The molecule has 37 heavy (non-hydrogen) atoms. The van der Waals surface area contributed by atoms with Gasteiger partial charge in [-0.25, -0.2) is 4.79 Å². The van der Waals surface area contributed by atoms with Gasteiger partial charge < -0.3 is 19.9 Å². The molecule has 1 aliphatic carbocycles. The second-order valence-corrected chi connectivity index (χ2v) is 10.2. The number of piperazine rings is 1. The van der Waals surface area contributed by atoms with Crippen LogP contribution in [0.5, 0.6) is 5.75 Å². The van der Waals surface area contributed by atoms with Crippen molar-refractivity contribution in [2.45, 2.75) is 31.0 Å². The van der Waals surface area contributed by atoms with Gasteiger partial charge in [0.25, 0.3) is 11.8 Å². The van der Waals surface area contributed by atoms with Crippen LogP contribution in [0.3, 0.4) is 0 Å². The van der Waals surface area contributed by atoms with Crippen LogP contribution < -0.4 is 15.4 Å². The number of hydrogen-bond acceptors (Lipinski definition) is 6. The van der Waals surface area contributed by atoms with Gasteiger partial charge in [0.1, 0.15) is 11.6 Å². The Hall–Kier alpha value is -3.92. The van der Waals surface area contributed by atoms with Crippen molar-refractivity contribution < 1.29 is 19.1 Å². The lowest BCUT2D eigenvalue weighted by molar-refractivity contribution is -0.124. The van der Waals surface area contributed by atoms with Crippen LogP contribution in [-0.2, 0) is 16.9 Å². The molecule has 10 nitrogen and oxygen atoms in total. The first kappa shape index (κ1) is 23.5. The van der Waals surface area contributed by atoms with Crippen molar-refractivity contribution in [1.82, 2.24) is 25.3 Å². The van der Waals surface area contributed by atoms with Crippen molar-refractivity contribution in [3.05, 3.63) is 64.7 Å². The predicted molar refractivity (Wildman–Crippen MR) is 136 cm³/mol. The fourth-order valence-electron chi connectivity index (χ4n) is 5.62. The number of fused-ring (bicyclic) bond motifs is 1. The quantitative estimate of drug-likeness (QED) is 0.313. The molecule has 0 aromatic heterocycles. The lowest BCUT2D eigenvalue weighted by atomic mass is 9.88. The molecule has 4 amide bonds. The highest BCUT2D eigenvalue weighted by Crippen LogP contribution is 2.33. The standard InChI is InChI=1S/C27H30N6O4/c1-37-21-9-4-18-15-33(24(34)22(18)14-21)16-27(25(35)29-26(36)30-27)19-5-2-17(3-6-19)23(28)32-12-10-31(11-13-32)20-7-8-20/h2-6,9,14,20,28H,7-8,10-13,15-16H2,1H3,(H2,29,30,35,36)/t27-/m0/s1. The molecule has 2 aromatic rings. The highest BCUT2D eigenvalue weighted by Gasteiger charge is 2.50. The number of urea groups is 1. The van der Waals surface area contributed by atoms with Crippen LogP contribution in [0.2, 0.25) is 0 Å². The summed E-state index contributed by atoms with van der Waals surface area (Å²) in [6.07, 6.45) is 2.57. The van der Waals surface area contributed by atoms with E-state index in [0.717, 1.165) is 43.3 Å². The van der Waals surface area contributed by atoms with Crippen LogP contribution in [0, 0.1) is 5.41 Å². The fourth-order valence-corrected chi connectivity index (χ4v) is 5.62. The average molecular weight is 503 g/mol. The maximum absolute atomic E-state index is 13.2. The van der Waals surface area contributed by atoms with Crippen molar-refractivity contribution in [1.29, 1.82) is 5.41 Å². The highest BCUT2D eigenvalue weighted by molar-refractivity contribution is 6.08. The third kappa shape index (κ3) is 4.11. The van der Waals surface area contributed by atoms with E-state index in [1.165, 1.54) is 12.8 Å². The number of rotatable bonds is 6. The Bertz CT molecular complexity index is 1280. The van der Waals surface area contributed by atoms with Gasteiger partial charge >= 0.3 is 6.03 Å². The molecule has 3 aliphatic heterocycles. The molecule has 0 unspecified atom stereocenters. The van der Waals surface area contributed by atoms with Gasteiger partial charge in [0.05, 0.1) is 13.7 Å². The van der Waals surface area contributed by atoms with Crippen LogP contribution in [0.4, 0.5) is 4.79 Å². The lowest BCUT2D eigenvalue weighted by Crippen LogP contribution is -2.52. The van der Waals surface area contributed by atoms with Gasteiger partial charge in [-0.05, 0) is 36.1 Å². The summed E-state index contributed by atoms with van der Waals surface area (Å²) in [6.45, 7) is 3.90. The van der Waals surface area contributed by atoms with E-state index >= 15 is 0 Å². The highest BCUT2D eigenvalue weighted by atomic mass is 16.5. The number of imide groups is 1. The third-order valence-electron chi connectivity index (χ3n) is 7.91. The molecule has 0 bridgehead atoms. The number of nitrogens with zero attached hydrogens (tertiary/aromatic N) is 3. The van der Waals surface area contributed by atoms with Gasteiger partial charge in [-0.15, -0.1) is 0 Å². The molecule has 2 aromatic carbocycles. The number of carbonyl (C=O) groups is 3. The summed E-state index contributed by atoms with van der Waals surface area (Å²) in [5.74, 6) is 0.321. The molecule has 4 aliphatic rings. The fraction of sp³-hybridized carbons (Fsp3) is 0.407. The number of benzene rings is 2. The molecule has 3 N–H and O–H groups in total. The Balaban J connectivity index is 1.22. The first-order chi connectivity index (χ1) is 17.9. The van der Waals surface area contributed by atoms with Crippen LogP contribution >= 0.6 is 0 Å². The predicted octanol–water partition coefficient (Wildman–Crippen LogP) is 1.49. The van der Waals surface area contributed by atoms with Gasteiger partial charge in [0.2, 0.25) is 0 Å². The van der Waals surface area contributed by atoms with Gasteiger partial charge in [0, 0.05) is 49.9 Å². The first-order valence-electron chi connectivity index (χ1n) is 12.7. The van der Waals surface area contributed by atoms with E-state index in [1.54, 1.807) is 36.3 Å². The Labute approximate surface area is 215 Å². The molecule has 192 valence electrons. The molecule has 1 saturated carbocycles. The molecule has 10 heteroatoms. The van der Waals surface area contributed by atoms with E-state index in [9.17, 15) is 14.4 Å². The molecule has 1 atom stereocenters. The number of hydrogen-bond donors (Lipinski definition) is 3. The van der Waals surface area contributed by atoms with Crippen molar-refractivity contribution in [3.8, 4) is 5.75 Å². The Morgan fingerprint density at radius 1 is 1.05 bits per heavy atom. The molecule has 0 spiro atoms. The maximum Gasteiger partial charge on any atom is 0.322 e. The second-order valence-electron chi connectivity index (χ2n) is 10.2. The summed E-state index contributed by atoms with van der Waals surface area (Å²) < 4.78 is 5.25. The lowest BCUT2D eigenvalue weighted by Gasteiger charge is -2.36. The van der Waals surface area contributed by atoms with Gasteiger partial charge in [-0.1, -0.05) is 30.3 Å². The summed E-state index contributed by atoms with van der Waals surface area (Å²) >= 11 is 0. The summed E-state index contributed by atoms with van der Waals surface area (Å²) in [6, 6.07) is 12.6. The van der Waals surface area contributed by atoms with E-state index in [0.29, 0.717) is 29.3 Å². The topological polar surface area (TPSA) is 118 Å². The van der Waals surface area contributed by atoms with Crippen molar-refractivity contribution in [2.24, 2.45) is 0 Å². The third-order valence-corrected chi connectivity index (χ3v) is 7.91. The smallest absolute Gasteiger partial charge is 0.322 e. The molecule has 3 heterocycles. The summed E-state index contributed by atoms with van der Waals surface area (Å²) in [5, 5.41) is 13.8. The second kappa shape index (κ2) is 8.88. The van der Waals surface area contributed by atoms with Gasteiger partial charge in [-0.2, -0.15) is 0 Å². The Morgan fingerprint density at radius 3 is 2.41 bits per heavy atom. The number of amides is 4. The maximum atomic E-state index is 13.2. The van der Waals surface area contributed by atoms with Crippen LogP contribution in [0.15, 0.2) is 42.5 Å². The number of carbonyl (C=O) groups excluding carboxylic acids is 3.